The van der Waals surface area contributed by atoms with Gasteiger partial charge in [-0.1, -0.05) is 18.2 Å². The lowest BCUT2D eigenvalue weighted by atomic mass is 9.95. The van der Waals surface area contributed by atoms with E-state index in [1.165, 1.54) is 46.3 Å². The average molecular weight is 237 g/mol. The molecule has 0 bridgehead atoms. The average Bonchev–Trinajstić information content (AvgIpc) is 2.95. The van der Waals surface area contributed by atoms with E-state index in [2.05, 4.69) is 39.4 Å². The van der Waals surface area contributed by atoms with Crippen molar-refractivity contribution in [3.8, 4) is 11.4 Å². The molecule has 90 valence electrons. The number of hydrogen-bond donors (Lipinski definition) is 2. The zero-order valence-electron chi connectivity index (χ0n) is 10.2. The Hall–Kier alpha value is -2.03. The molecule has 1 aliphatic rings. The van der Waals surface area contributed by atoms with Crippen LogP contribution in [0, 0.1) is 0 Å². The standard InChI is InChI=1S/C15H15N3/c1-2-7-12-11-6-3-4-8-13(11)17-15(12)14-10(5-1)9-16-18-14/h3-4,6,8-9,17H,1-2,5,7H2,(H,16,18). The van der Waals surface area contributed by atoms with Crippen LogP contribution in [0.5, 0.6) is 0 Å². The van der Waals surface area contributed by atoms with E-state index >= 15 is 0 Å². The van der Waals surface area contributed by atoms with Crippen LogP contribution in [0.1, 0.15) is 24.0 Å². The largest absolute Gasteiger partial charge is 0.353 e. The van der Waals surface area contributed by atoms with Crippen LogP contribution in [0.2, 0.25) is 0 Å². The molecule has 18 heavy (non-hydrogen) atoms. The molecule has 0 spiro atoms. The highest BCUT2D eigenvalue weighted by molar-refractivity contribution is 5.90. The lowest BCUT2D eigenvalue weighted by Gasteiger charge is -2.09. The van der Waals surface area contributed by atoms with Gasteiger partial charge in [0.25, 0.3) is 0 Å². The van der Waals surface area contributed by atoms with Gasteiger partial charge in [-0.05, 0) is 42.9 Å². The van der Waals surface area contributed by atoms with Gasteiger partial charge in [0.15, 0.2) is 0 Å². The molecule has 3 nitrogen and oxygen atoms in total. The predicted octanol–water partition coefficient (Wildman–Crippen LogP) is 3.44. The topological polar surface area (TPSA) is 44.5 Å². The molecule has 0 saturated heterocycles. The molecular weight excluding hydrogens is 222 g/mol. The van der Waals surface area contributed by atoms with Crippen LogP contribution < -0.4 is 0 Å². The molecule has 2 heterocycles. The molecule has 0 saturated carbocycles. The molecule has 3 aromatic rings. The van der Waals surface area contributed by atoms with Crippen LogP contribution in [0.4, 0.5) is 0 Å². The molecule has 0 atom stereocenters. The highest BCUT2D eigenvalue weighted by Crippen LogP contribution is 2.34. The summed E-state index contributed by atoms with van der Waals surface area (Å²) in [5.41, 5.74) is 6.42. The van der Waals surface area contributed by atoms with Gasteiger partial charge in [-0.25, -0.2) is 0 Å². The maximum Gasteiger partial charge on any atom is 0.0847 e. The lowest BCUT2D eigenvalue weighted by molar-refractivity contribution is 0.732. The van der Waals surface area contributed by atoms with E-state index < -0.39 is 0 Å². The Morgan fingerprint density at radius 3 is 2.89 bits per heavy atom. The van der Waals surface area contributed by atoms with Crippen molar-refractivity contribution in [3.05, 3.63) is 41.6 Å². The third-order valence-electron chi connectivity index (χ3n) is 3.90. The maximum atomic E-state index is 4.21. The van der Waals surface area contributed by atoms with E-state index in [0.717, 1.165) is 12.8 Å². The van der Waals surface area contributed by atoms with Crippen molar-refractivity contribution in [2.75, 3.05) is 0 Å². The summed E-state index contributed by atoms with van der Waals surface area (Å²) in [4.78, 5) is 3.55. The van der Waals surface area contributed by atoms with Crippen LogP contribution in [-0.4, -0.2) is 15.2 Å². The van der Waals surface area contributed by atoms with Gasteiger partial charge < -0.3 is 4.98 Å². The summed E-state index contributed by atoms with van der Waals surface area (Å²) in [5.74, 6) is 0. The van der Waals surface area contributed by atoms with Gasteiger partial charge in [0.2, 0.25) is 0 Å². The molecule has 0 radical (unpaired) electrons. The van der Waals surface area contributed by atoms with Gasteiger partial charge in [-0.3, -0.25) is 5.10 Å². The fraction of sp³-hybridized carbons (Fsp3) is 0.267. The first-order valence-electron chi connectivity index (χ1n) is 6.55. The van der Waals surface area contributed by atoms with Crippen molar-refractivity contribution in [2.45, 2.75) is 25.7 Å². The Kier molecular flexibility index (Phi) is 2.06. The number of nitrogens with zero attached hydrogens (tertiary/aromatic N) is 1. The second-order valence-corrected chi connectivity index (χ2v) is 5.00. The summed E-state index contributed by atoms with van der Waals surface area (Å²) in [6.45, 7) is 0. The van der Waals surface area contributed by atoms with Crippen molar-refractivity contribution in [1.82, 2.24) is 15.2 Å². The third kappa shape index (κ3) is 1.33. The Bertz CT molecular complexity index is 705. The number of aromatic amines is 2. The van der Waals surface area contributed by atoms with Gasteiger partial charge >= 0.3 is 0 Å². The summed E-state index contributed by atoms with van der Waals surface area (Å²) in [6.07, 6.45) is 6.74. The lowest BCUT2D eigenvalue weighted by Crippen LogP contribution is -1.97. The SMILES string of the molecule is c1ccc2c3c([nH]c2c1)-c1[nH]ncc1CCCC3. The Balaban J connectivity index is 2.06. The highest BCUT2D eigenvalue weighted by atomic mass is 15.1. The molecule has 4 rings (SSSR count). The van der Waals surface area contributed by atoms with E-state index in [1.54, 1.807) is 0 Å². The Morgan fingerprint density at radius 2 is 1.89 bits per heavy atom. The first kappa shape index (κ1) is 9.95. The number of nitrogens with one attached hydrogen (secondary N) is 2. The van der Waals surface area contributed by atoms with E-state index in [-0.39, 0.29) is 0 Å². The second-order valence-electron chi connectivity index (χ2n) is 5.00. The van der Waals surface area contributed by atoms with Crippen molar-refractivity contribution >= 4 is 10.9 Å². The molecule has 0 fully saturated rings. The van der Waals surface area contributed by atoms with Crippen molar-refractivity contribution in [2.24, 2.45) is 0 Å². The number of aryl methyl sites for hydroxylation is 2. The summed E-state index contributed by atoms with van der Waals surface area (Å²) in [6, 6.07) is 8.56. The number of para-hydroxylation sites is 1. The molecule has 3 heteroatoms. The predicted molar refractivity (Wildman–Crippen MR) is 72.5 cm³/mol. The monoisotopic (exact) mass is 237 g/mol. The van der Waals surface area contributed by atoms with Gasteiger partial charge in [0.1, 0.15) is 0 Å². The second kappa shape index (κ2) is 3.73. The van der Waals surface area contributed by atoms with E-state index in [9.17, 15) is 0 Å². The number of H-pyrrole nitrogens is 2. The van der Waals surface area contributed by atoms with Crippen LogP contribution in [-0.2, 0) is 12.8 Å². The van der Waals surface area contributed by atoms with Crippen LogP contribution in [0.15, 0.2) is 30.5 Å². The van der Waals surface area contributed by atoms with Gasteiger partial charge in [0, 0.05) is 10.9 Å². The summed E-state index contributed by atoms with van der Waals surface area (Å²) >= 11 is 0. The van der Waals surface area contributed by atoms with Gasteiger partial charge in [0.05, 0.1) is 17.6 Å². The van der Waals surface area contributed by atoms with Gasteiger partial charge in [-0.2, -0.15) is 5.10 Å². The number of rotatable bonds is 0. The van der Waals surface area contributed by atoms with E-state index in [4.69, 9.17) is 0 Å². The molecule has 2 aromatic heterocycles. The van der Waals surface area contributed by atoms with E-state index in [1.807, 2.05) is 6.20 Å². The van der Waals surface area contributed by atoms with Crippen molar-refractivity contribution < 1.29 is 0 Å². The molecule has 0 aliphatic heterocycles. The minimum atomic E-state index is 1.13. The minimum absolute atomic E-state index is 1.13. The van der Waals surface area contributed by atoms with Gasteiger partial charge in [-0.15, -0.1) is 0 Å². The third-order valence-corrected chi connectivity index (χ3v) is 3.90. The van der Waals surface area contributed by atoms with Crippen molar-refractivity contribution in [1.29, 1.82) is 0 Å². The fourth-order valence-corrected chi connectivity index (χ4v) is 3.01. The smallest absolute Gasteiger partial charge is 0.0847 e. The highest BCUT2D eigenvalue weighted by Gasteiger charge is 2.18. The molecule has 0 amide bonds. The first-order valence-corrected chi connectivity index (χ1v) is 6.55. The molecule has 0 unspecified atom stereocenters. The summed E-state index contributed by atoms with van der Waals surface area (Å²) in [7, 11) is 0. The zero-order chi connectivity index (χ0) is 11.9. The number of benzene rings is 1. The van der Waals surface area contributed by atoms with E-state index in [0.29, 0.717) is 0 Å². The summed E-state index contributed by atoms with van der Waals surface area (Å²) in [5, 5.41) is 8.73. The molecule has 1 aromatic carbocycles. The minimum Gasteiger partial charge on any atom is -0.353 e. The molecular formula is C15H15N3. The van der Waals surface area contributed by atoms with Crippen LogP contribution in [0.25, 0.3) is 22.3 Å². The van der Waals surface area contributed by atoms with Crippen LogP contribution in [0.3, 0.4) is 0 Å². The molecule has 1 aliphatic carbocycles. The quantitative estimate of drug-likeness (QED) is 0.618. The number of fused-ring (bicyclic) bond motifs is 5. The number of hydrogen-bond acceptors (Lipinski definition) is 1. The van der Waals surface area contributed by atoms with Crippen LogP contribution >= 0.6 is 0 Å². The van der Waals surface area contributed by atoms with Crippen molar-refractivity contribution in [3.63, 3.8) is 0 Å². The molecule has 2 N–H and O–H groups in total. The fourth-order valence-electron chi connectivity index (χ4n) is 3.01. The first-order chi connectivity index (χ1) is 8.93. The number of aromatic nitrogens is 3. The Labute approximate surface area is 105 Å². The summed E-state index contributed by atoms with van der Waals surface area (Å²) < 4.78 is 0. The maximum absolute atomic E-state index is 4.21. The zero-order valence-corrected chi connectivity index (χ0v) is 10.2. The normalized spacial score (nSPS) is 14.9. The Morgan fingerprint density at radius 1 is 1.00 bits per heavy atom.